The highest BCUT2D eigenvalue weighted by Gasteiger charge is 2.04. The molecule has 0 radical (unpaired) electrons. The van der Waals surface area contributed by atoms with E-state index >= 15 is 0 Å². The van der Waals surface area contributed by atoms with E-state index in [9.17, 15) is 0 Å². The fraction of sp³-hybridized carbons (Fsp3) is 0. The van der Waals surface area contributed by atoms with Crippen molar-refractivity contribution in [1.82, 2.24) is 15.0 Å². The van der Waals surface area contributed by atoms with Crippen LogP contribution in [-0.2, 0) is 0 Å². The third-order valence-electron chi connectivity index (χ3n) is 2.33. The number of aromatic nitrogens is 3. The van der Waals surface area contributed by atoms with Crippen molar-refractivity contribution in [1.29, 1.82) is 0 Å². The predicted molar refractivity (Wildman–Crippen MR) is 68.9 cm³/mol. The molecule has 0 amide bonds. The Balaban J connectivity index is 1.94. The van der Waals surface area contributed by atoms with Crippen LogP contribution in [0.1, 0.15) is 0 Å². The van der Waals surface area contributed by atoms with Gasteiger partial charge in [0, 0.05) is 11.1 Å². The lowest BCUT2D eigenvalue weighted by atomic mass is 10.3. The SMILES string of the molecule is Nc1cc(Sc2nc3ccccc3[nH]2)ccn1. The molecule has 2 aromatic heterocycles. The summed E-state index contributed by atoms with van der Waals surface area (Å²) in [6.45, 7) is 0. The minimum absolute atomic E-state index is 0.520. The van der Waals surface area contributed by atoms with Crippen LogP contribution in [0.25, 0.3) is 11.0 Å². The summed E-state index contributed by atoms with van der Waals surface area (Å²) in [5, 5.41) is 0.858. The van der Waals surface area contributed by atoms with Crippen molar-refractivity contribution in [2.45, 2.75) is 10.1 Å². The van der Waals surface area contributed by atoms with E-state index in [4.69, 9.17) is 5.73 Å². The van der Waals surface area contributed by atoms with Crippen molar-refractivity contribution in [3.63, 3.8) is 0 Å². The summed E-state index contributed by atoms with van der Waals surface area (Å²) in [5.74, 6) is 0.520. The maximum absolute atomic E-state index is 5.63. The predicted octanol–water partition coefficient (Wildman–Crippen LogP) is 2.69. The number of benzene rings is 1. The van der Waals surface area contributed by atoms with Crippen molar-refractivity contribution in [3.8, 4) is 0 Å². The van der Waals surface area contributed by atoms with Crippen molar-refractivity contribution >= 4 is 28.6 Å². The first-order chi connectivity index (χ1) is 8.31. The molecule has 84 valence electrons. The maximum Gasteiger partial charge on any atom is 0.171 e. The van der Waals surface area contributed by atoms with Gasteiger partial charge in [-0.05, 0) is 24.3 Å². The van der Waals surface area contributed by atoms with Gasteiger partial charge in [-0.25, -0.2) is 9.97 Å². The van der Waals surface area contributed by atoms with Crippen LogP contribution in [0.3, 0.4) is 0 Å². The number of fused-ring (bicyclic) bond motifs is 1. The van der Waals surface area contributed by atoms with E-state index in [1.54, 1.807) is 18.0 Å². The molecule has 0 bridgehead atoms. The Morgan fingerprint density at radius 3 is 2.88 bits per heavy atom. The average Bonchev–Trinajstić information content (AvgIpc) is 2.71. The zero-order valence-electron chi connectivity index (χ0n) is 8.92. The number of nitrogens with zero attached hydrogens (tertiary/aromatic N) is 2. The summed E-state index contributed by atoms with van der Waals surface area (Å²) >= 11 is 1.54. The van der Waals surface area contributed by atoms with Crippen molar-refractivity contribution in [2.75, 3.05) is 5.73 Å². The zero-order valence-corrected chi connectivity index (χ0v) is 9.74. The smallest absolute Gasteiger partial charge is 0.171 e. The Bertz CT molecular complexity index is 629. The Morgan fingerprint density at radius 2 is 2.06 bits per heavy atom. The lowest BCUT2D eigenvalue weighted by molar-refractivity contribution is 1.08. The fourth-order valence-electron chi connectivity index (χ4n) is 1.58. The van der Waals surface area contributed by atoms with Crippen molar-refractivity contribution < 1.29 is 0 Å². The Hall–Kier alpha value is -2.01. The average molecular weight is 242 g/mol. The highest BCUT2D eigenvalue weighted by atomic mass is 32.2. The summed E-state index contributed by atoms with van der Waals surface area (Å²) < 4.78 is 0. The van der Waals surface area contributed by atoms with Gasteiger partial charge in [-0.15, -0.1) is 0 Å². The largest absolute Gasteiger partial charge is 0.384 e. The normalized spacial score (nSPS) is 10.8. The summed E-state index contributed by atoms with van der Waals surface area (Å²) in [5.41, 5.74) is 7.64. The summed E-state index contributed by atoms with van der Waals surface area (Å²) in [4.78, 5) is 12.7. The standard InChI is InChI=1S/C12H10N4S/c13-11-7-8(5-6-14-11)17-12-15-9-3-1-2-4-10(9)16-12/h1-7H,(H2,13,14)(H,15,16). The summed E-state index contributed by atoms with van der Waals surface area (Å²) in [7, 11) is 0. The molecule has 4 nitrogen and oxygen atoms in total. The van der Waals surface area contributed by atoms with Crippen LogP contribution in [0.5, 0.6) is 0 Å². The van der Waals surface area contributed by atoms with Crippen LogP contribution < -0.4 is 5.73 Å². The number of nitrogens with two attached hydrogens (primary N) is 1. The second kappa shape index (κ2) is 4.10. The number of hydrogen-bond acceptors (Lipinski definition) is 4. The monoisotopic (exact) mass is 242 g/mol. The first-order valence-corrected chi connectivity index (χ1v) is 5.97. The van der Waals surface area contributed by atoms with E-state index in [0.717, 1.165) is 21.1 Å². The van der Waals surface area contributed by atoms with Crippen LogP contribution in [0, 0.1) is 0 Å². The van der Waals surface area contributed by atoms with Crippen molar-refractivity contribution in [3.05, 3.63) is 42.6 Å². The number of anilines is 1. The molecule has 0 fully saturated rings. The van der Waals surface area contributed by atoms with Crippen LogP contribution >= 0.6 is 11.8 Å². The number of hydrogen-bond donors (Lipinski definition) is 2. The number of imidazole rings is 1. The molecule has 0 aliphatic carbocycles. The van der Waals surface area contributed by atoms with Crippen molar-refractivity contribution in [2.24, 2.45) is 0 Å². The molecule has 17 heavy (non-hydrogen) atoms. The minimum Gasteiger partial charge on any atom is -0.384 e. The molecule has 3 N–H and O–H groups in total. The van der Waals surface area contributed by atoms with E-state index in [2.05, 4.69) is 15.0 Å². The van der Waals surface area contributed by atoms with Gasteiger partial charge in [0.15, 0.2) is 5.16 Å². The van der Waals surface area contributed by atoms with Gasteiger partial charge < -0.3 is 10.7 Å². The number of para-hydroxylation sites is 2. The van der Waals surface area contributed by atoms with Crippen LogP contribution in [0.2, 0.25) is 0 Å². The third-order valence-corrected chi connectivity index (χ3v) is 3.21. The number of rotatable bonds is 2. The molecular weight excluding hydrogens is 232 g/mol. The molecule has 5 heteroatoms. The number of pyridine rings is 1. The van der Waals surface area contributed by atoms with E-state index in [1.807, 2.05) is 36.4 Å². The quantitative estimate of drug-likeness (QED) is 0.725. The number of aromatic amines is 1. The van der Waals surface area contributed by atoms with Gasteiger partial charge in [-0.3, -0.25) is 0 Å². The Labute approximate surface area is 102 Å². The van der Waals surface area contributed by atoms with E-state index < -0.39 is 0 Å². The molecule has 3 rings (SSSR count). The molecule has 0 aliphatic heterocycles. The highest BCUT2D eigenvalue weighted by Crippen LogP contribution is 2.27. The van der Waals surface area contributed by atoms with Crippen LogP contribution in [-0.4, -0.2) is 15.0 Å². The lowest BCUT2D eigenvalue weighted by Crippen LogP contribution is -1.88. The van der Waals surface area contributed by atoms with Gasteiger partial charge in [0.25, 0.3) is 0 Å². The van der Waals surface area contributed by atoms with Gasteiger partial charge in [0.2, 0.25) is 0 Å². The zero-order chi connectivity index (χ0) is 11.7. The number of nitrogens with one attached hydrogen (secondary N) is 1. The molecule has 0 unspecified atom stereocenters. The van der Waals surface area contributed by atoms with E-state index in [-0.39, 0.29) is 0 Å². The number of nitrogen functional groups attached to an aromatic ring is 1. The maximum atomic E-state index is 5.63. The summed E-state index contributed by atoms with van der Waals surface area (Å²) in [6.07, 6.45) is 1.69. The molecule has 0 atom stereocenters. The molecule has 0 spiro atoms. The molecule has 2 heterocycles. The Morgan fingerprint density at radius 1 is 1.18 bits per heavy atom. The third kappa shape index (κ3) is 2.09. The van der Waals surface area contributed by atoms with Crippen LogP contribution in [0.4, 0.5) is 5.82 Å². The van der Waals surface area contributed by atoms with Gasteiger partial charge in [-0.1, -0.05) is 23.9 Å². The van der Waals surface area contributed by atoms with Gasteiger partial charge in [-0.2, -0.15) is 0 Å². The lowest BCUT2D eigenvalue weighted by Gasteiger charge is -1.97. The highest BCUT2D eigenvalue weighted by molar-refractivity contribution is 7.99. The van der Waals surface area contributed by atoms with Gasteiger partial charge in [0.1, 0.15) is 5.82 Å². The first kappa shape index (κ1) is 10.2. The summed E-state index contributed by atoms with van der Waals surface area (Å²) in [6, 6.07) is 11.7. The van der Waals surface area contributed by atoms with Gasteiger partial charge in [0.05, 0.1) is 11.0 Å². The minimum atomic E-state index is 0.520. The van der Waals surface area contributed by atoms with Crippen LogP contribution in [0.15, 0.2) is 52.6 Å². The molecule has 3 aromatic rings. The van der Waals surface area contributed by atoms with E-state index in [0.29, 0.717) is 5.82 Å². The second-order valence-corrected chi connectivity index (χ2v) is 4.64. The topological polar surface area (TPSA) is 67.6 Å². The molecule has 0 saturated heterocycles. The fourth-order valence-corrected chi connectivity index (χ4v) is 2.42. The van der Waals surface area contributed by atoms with Gasteiger partial charge >= 0.3 is 0 Å². The molecule has 0 saturated carbocycles. The number of H-pyrrole nitrogens is 1. The molecular formula is C12H10N4S. The molecule has 1 aromatic carbocycles. The first-order valence-electron chi connectivity index (χ1n) is 5.15. The Kier molecular flexibility index (Phi) is 2.45. The molecule has 0 aliphatic rings. The second-order valence-electron chi connectivity index (χ2n) is 3.58. The van der Waals surface area contributed by atoms with E-state index in [1.165, 1.54) is 0 Å².